The maximum absolute atomic E-state index is 13.4. The zero-order valence-electron chi connectivity index (χ0n) is 26.3. The van der Waals surface area contributed by atoms with Crippen LogP contribution >= 0.6 is 0 Å². The molecule has 4 saturated carbocycles. The van der Waals surface area contributed by atoms with E-state index in [0.29, 0.717) is 18.5 Å². The van der Waals surface area contributed by atoms with Crippen LogP contribution in [0.5, 0.6) is 0 Å². The maximum Gasteiger partial charge on any atom is 0.227 e. The number of hydrogen-bond donors (Lipinski definition) is 3. The number of carbonyl (C=O) groups excluding carboxylic acids is 1. The molecule has 43 heavy (non-hydrogen) atoms. The maximum atomic E-state index is 13.4. The number of aliphatic hydroxyl groups excluding tert-OH is 3. The van der Waals surface area contributed by atoms with E-state index in [1.807, 2.05) is 6.07 Å². The minimum atomic E-state index is -4.47. The highest BCUT2D eigenvalue weighted by molar-refractivity contribution is 7.85. The number of hydrogen-bond acceptors (Lipinski definition) is 7. The van der Waals surface area contributed by atoms with Gasteiger partial charge in [0.15, 0.2) is 0 Å². The predicted octanol–water partition coefficient (Wildman–Crippen LogP) is 4.58. The largest absolute Gasteiger partial charge is 0.748 e. The van der Waals surface area contributed by atoms with E-state index in [1.165, 1.54) is 4.90 Å². The lowest BCUT2D eigenvalue weighted by Crippen LogP contribution is -2.65. The van der Waals surface area contributed by atoms with Crippen molar-refractivity contribution in [2.24, 2.45) is 52.3 Å². The van der Waals surface area contributed by atoms with Gasteiger partial charge in [-0.05, 0) is 109 Å². The van der Waals surface area contributed by atoms with Crippen LogP contribution in [0.1, 0.15) is 85.5 Å². The number of para-hydroxylation sites is 1. The lowest BCUT2D eigenvalue weighted by Gasteiger charge is -2.65. The summed E-state index contributed by atoms with van der Waals surface area (Å²) in [6.45, 7) is 8.72. The Morgan fingerprint density at radius 3 is 2.40 bits per heavy atom. The summed E-state index contributed by atoms with van der Waals surface area (Å²) in [5, 5.41) is 34.4. The molecule has 0 spiro atoms. The van der Waals surface area contributed by atoms with Gasteiger partial charge in [0.1, 0.15) is 0 Å². The lowest BCUT2D eigenvalue weighted by molar-refractivity contribution is -0.228. The van der Waals surface area contributed by atoms with E-state index in [2.05, 4.69) is 27.7 Å². The second-order valence-electron chi connectivity index (χ2n) is 14.9. The van der Waals surface area contributed by atoms with Crippen molar-refractivity contribution in [2.45, 2.75) is 104 Å². The Labute approximate surface area is 258 Å². The van der Waals surface area contributed by atoms with Crippen LogP contribution in [0.4, 0.5) is 5.69 Å². The Morgan fingerprint density at radius 1 is 1.05 bits per heavy atom. The van der Waals surface area contributed by atoms with E-state index in [0.717, 1.165) is 38.5 Å². The van der Waals surface area contributed by atoms with Crippen LogP contribution in [0.3, 0.4) is 0 Å². The Morgan fingerprint density at radius 2 is 1.74 bits per heavy atom. The molecule has 9 heteroatoms. The molecule has 0 aromatic heterocycles. The van der Waals surface area contributed by atoms with Crippen LogP contribution in [-0.2, 0) is 14.9 Å². The van der Waals surface area contributed by atoms with Crippen molar-refractivity contribution in [3.05, 3.63) is 30.3 Å². The molecule has 5 rings (SSSR count). The highest BCUT2D eigenvalue weighted by atomic mass is 32.2. The third-order valence-electron chi connectivity index (χ3n) is 13.0. The van der Waals surface area contributed by atoms with Gasteiger partial charge in [-0.1, -0.05) is 52.3 Å². The number of rotatable bonds is 9. The summed E-state index contributed by atoms with van der Waals surface area (Å²) >= 11 is 0. The van der Waals surface area contributed by atoms with E-state index in [4.69, 9.17) is 0 Å². The molecule has 8 nitrogen and oxygen atoms in total. The minimum Gasteiger partial charge on any atom is -0.748 e. The molecule has 0 bridgehead atoms. The quantitative estimate of drug-likeness (QED) is 0.345. The highest BCUT2D eigenvalue weighted by Crippen LogP contribution is 2.69. The Hall–Kier alpha value is -1.52. The molecule has 1 aromatic rings. The van der Waals surface area contributed by atoms with Crippen LogP contribution in [0.2, 0.25) is 0 Å². The standard InChI is InChI=1S/C34H53NO7S/c1-5-24-27-19-23(36)15-16-33(27,3)28-20-29(37)34(4)25(12-13-26(34)31(28)32(24)39)21(2)11-14-30(38)35(17-18-43(40,41)42)22-9-7-6-8-10-22/h6-10,21,23-29,31-32,36-37,39H,5,11-20H2,1-4H3,(H,40,41,42)/p-1/t21-,23-,24-,25-,26+,27+,28+,29+,31+,32-,33+,34-/m1/s1. The summed E-state index contributed by atoms with van der Waals surface area (Å²) in [4.78, 5) is 14.8. The first-order valence-corrected chi connectivity index (χ1v) is 18.1. The normalized spacial score (nSPS) is 41.5. The Bertz CT molecular complexity index is 1240. The number of nitrogens with zero attached hydrogens (tertiary/aromatic N) is 1. The van der Waals surface area contributed by atoms with E-state index in [1.54, 1.807) is 24.3 Å². The number of benzene rings is 1. The molecule has 242 valence electrons. The molecule has 1 aromatic carbocycles. The fourth-order valence-electron chi connectivity index (χ4n) is 10.8. The van der Waals surface area contributed by atoms with Crippen LogP contribution in [0.15, 0.2) is 30.3 Å². The second-order valence-corrected chi connectivity index (χ2v) is 16.4. The molecule has 0 aliphatic heterocycles. The van der Waals surface area contributed by atoms with Crippen LogP contribution in [-0.4, -0.2) is 64.8 Å². The molecule has 0 saturated heterocycles. The summed E-state index contributed by atoms with van der Waals surface area (Å²) in [6.07, 6.45) is 5.47. The number of amides is 1. The molecule has 3 N–H and O–H groups in total. The van der Waals surface area contributed by atoms with Crippen molar-refractivity contribution in [3.63, 3.8) is 0 Å². The van der Waals surface area contributed by atoms with Crippen LogP contribution in [0.25, 0.3) is 0 Å². The monoisotopic (exact) mass is 618 g/mol. The van der Waals surface area contributed by atoms with Crippen molar-refractivity contribution in [3.8, 4) is 0 Å². The molecule has 12 atom stereocenters. The lowest BCUT2D eigenvalue weighted by atomic mass is 9.41. The third kappa shape index (κ3) is 5.94. The van der Waals surface area contributed by atoms with Crippen molar-refractivity contribution in [1.82, 2.24) is 0 Å². The number of anilines is 1. The Balaban J connectivity index is 1.33. The molecule has 0 unspecified atom stereocenters. The van der Waals surface area contributed by atoms with Gasteiger partial charge < -0.3 is 24.8 Å². The van der Waals surface area contributed by atoms with Gasteiger partial charge >= 0.3 is 0 Å². The Kier molecular flexibility index (Phi) is 9.44. The number of carbonyl (C=O) groups is 1. The first-order chi connectivity index (χ1) is 20.2. The second kappa shape index (κ2) is 12.3. The fraction of sp³-hybridized carbons (Fsp3) is 0.794. The molecule has 1 amide bonds. The topological polar surface area (TPSA) is 138 Å². The molecule has 4 aliphatic carbocycles. The zero-order chi connectivity index (χ0) is 31.3. The molecular formula is C34H52NO7S-. The van der Waals surface area contributed by atoms with Crippen molar-refractivity contribution in [1.29, 1.82) is 0 Å². The van der Waals surface area contributed by atoms with Gasteiger partial charge in [-0.2, -0.15) is 0 Å². The summed E-state index contributed by atoms with van der Waals surface area (Å²) in [7, 11) is -4.47. The average molecular weight is 619 g/mol. The van der Waals surface area contributed by atoms with Gasteiger partial charge in [0, 0.05) is 18.7 Å². The highest BCUT2D eigenvalue weighted by Gasteiger charge is 2.67. The minimum absolute atomic E-state index is 0.000696. The number of aliphatic hydroxyl groups is 3. The first-order valence-electron chi connectivity index (χ1n) is 16.6. The van der Waals surface area contributed by atoms with E-state index < -0.39 is 28.1 Å². The van der Waals surface area contributed by atoms with Crippen molar-refractivity contribution in [2.75, 3.05) is 17.2 Å². The zero-order valence-corrected chi connectivity index (χ0v) is 27.1. The molecule has 4 aliphatic rings. The van der Waals surface area contributed by atoms with Gasteiger partial charge in [-0.3, -0.25) is 4.79 Å². The smallest absolute Gasteiger partial charge is 0.227 e. The van der Waals surface area contributed by atoms with Gasteiger partial charge in [0.25, 0.3) is 0 Å². The van der Waals surface area contributed by atoms with Gasteiger partial charge in [-0.25, -0.2) is 8.42 Å². The van der Waals surface area contributed by atoms with Crippen LogP contribution in [0, 0.1) is 52.3 Å². The summed E-state index contributed by atoms with van der Waals surface area (Å²) in [5.41, 5.74) is 0.209. The third-order valence-corrected chi connectivity index (χ3v) is 13.7. The van der Waals surface area contributed by atoms with Crippen molar-refractivity contribution >= 4 is 21.7 Å². The van der Waals surface area contributed by atoms with Gasteiger partial charge in [0.05, 0.1) is 34.2 Å². The first kappa shape index (κ1) is 32.9. The van der Waals surface area contributed by atoms with Gasteiger partial charge in [-0.15, -0.1) is 0 Å². The molecule has 0 radical (unpaired) electrons. The molecular weight excluding hydrogens is 566 g/mol. The van der Waals surface area contributed by atoms with Gasteiger partial charge in [0.2, 0.25) is 5.91 Å². The number of fused-ring (bicyclic) bond motifs is 5. The van der Waals surface area contributed by atoms with Crippen LogP contribution < -0.4 is 4.90 Å². The molecule has 0 heterocycles. The fourth-order valence-corrected chi connectivity index (χ4v) is 11.2. The summed E-state index contributed by atoms with van der Waals surface area (Å²) < 4.78 is 34.1. The summed E-state index contributed by atoms with van der Waals surface area (Å²) in [6, 6.07) is 8.87. The van der Waals surface area contributed by atoms with E-state index in [-0.39, 0.29) is 77.2 Å². The summed E-state index contributed by atoms with van der Waals surface area (Å²) in [5.74, 6) is 0.441. The SMILES string of the molecule is CC[C@H]1[C@@H](O)[C@@H]2[C@H](C[C@H](O)[C@]3(C)[C@@H]([C@H](C)CCC(=O)N(CCS(=O)(=O)[O-])c4ccccc4)CC[C@@H]23)[C@@]2(C)CC[C@@H](O)C[C@@H]12. The van der Waals surface area contributed by atoms with Crippen molar-refractivity contribution < 1.29 is 33.1 Å². The van der Waals surface area contributed by atoms with E-state index in [9.17, 15) is 33.1 Å². The average Bonchev–Trinajstić information content (AvgIpc) is 3.32. The van der Waals surface area contributed by atoms with E-state index >= 15 is 0 Å². The predicted molar refractivity (Wildman–Crippen MR) is 165 cm³/mol. The molecule has 4 fully saturated rings.